The summed E-state index contributed by atoms with van der Waals surface area (Å²) in [5, 5.41) is 3.39. The molecule has 0 saturated carbocycles. The van der Waals surface area contributed by atoms with E-state index >= 15 is 0 Å². The largest absolute Gasteiger partial charge is 0.385 e. The van der Waals surface area contributed by atoms with Crippen molar-refractivity contribution in [2.75, 3.05) is 32.0 Å². The zero-order chi connectivity index (χ0) is 13.7. The van der Waals surface area contributed by atoms with Crippen LogP contribution in [0, 0.1) is 5.92 Å². The molecule has 106 valence electrons. The van der Waals surface area contributed by atoms with Gasteiger partial charge in [-0.15, -0.1) is 0 Å². The summed E-state index contributed by atoms with van der Waals surface area (Å²) in [6, 6.07) is 7.24. The standard InChI is InChI=1S/C14H20F2N2S/c1-18-8-6-11(7-9-18)10-17-12-2-4-13(5-3-12)19-14(15)16/h2-5,11,14,17H,6-10H2,1H3. The van der Waals surface area contributed by atoms with Gasteiger partial charge in [0.25, 0.3) is 5.76 Å². The van der Waals surface area contributed by atoms with Gasteiger partial charge in [-0.25, -0.2) is 0 Å². The minimum Gasteiger partial charge on any atom is -0.385 e. The van der Waals surface area contributed by atoms with E-state index in [-0.39, 0.29) is 0 Å². The Morgan fingerprint density at radius 1 is 1.26 bits per heavy atom. The number of likely N-dealkylation sites (tertiary alicyclic amines) is 1. The summed E-state index contributed by atoms with van der Waals surface area (Å²) < 4.78 is 24.4. The molecule has 1 N–H and O–H groups in total. The first kappa shape index (κ1) is 14.6. The molecule has 1 aromatic carbocycles. The van der Waals surface area contributed by atoms with Crippen LogP contribution >= 0.6 is 11.8 Å². The van der Waals surface area contributed by atoms with E-state index in [0.717, 1.165) is 25.3 Å². The fraction of sp³-hybridized carbons (Fsp3) is 0.571. The molecule has 1 saturated heterocycles. The third-order valence-corrected chi connectivity index (χ3v) is 4.23. The highest BCUT2D eigenvalue weighted by Gasteiger charge is 2.16. The molecule has 1 fully saturated rings. The van der Waals surface area contributed by atoms with Crippen molar-refractivity contribution >= 4 is 17.4 Å². The van der Waals surface area contributed by atoms with Crippen molar-refractivity contribution in [3.8, 4) is 0 Å². The molecule has 0 spiro atoms. The van der Waals surface area contributed by atoms with Gasteiger partial charge in [0.15, 0.2) is 0 Å². The lowest BCUT2D eigenvalue weighted by molar-refractivity contribution is 0.226. The van der Waals surface area contributed by atoms with Crippen LogP contribution in [0.5, 0.6) is 0 Å². The quantitative estimate of drug-likeness (QED) is 0.830. The average Bonchev–Trinajstić information content (AvgIpc) is 2.39. The summed E-state index contributed by atoms with van der Waals surface area (Å²) in [5.41, 5.74) is 1.01. The van der Waals surface area contributed by atoms with Gasteiger partial charge >= 0.3 is 0 Å². The molecular weight excluding hydrogens is 266 g/mol. The number of anilines is 1. The SMILES string of the molecule is CN1CCC(CNc2ccc(SC(F)F)cc2)CC1. The zero-order valence-corrected chi connectivity index (χ0v) is 11.9. The van der Waals surface area contributed by atoms with Crippen molar-refractivity contribution in [2.24, 2.45) is 5.92 Å². The Labute approximate surface area is 117 Å². The second kappa shape index (κ2) is 7.10. The maximum Gasteiger partial charge on any atom is 0.288 e. The van der Waals surface area contributed by atoms with Crippen molar-refractivity contribution in [1.82, 2.24) is 4.90 Å². The molecule has 0 amide bonds. The summed E-state index contributed by atoms with van der Waals surface area (Å²) in [7, 11) is 2.16. The van der Waals surface area contributed by atoms with Crippen LogP contribution in [0.1, 0.15) is 12.8 Å². The van der Waals surface area contributed by atoms with E-state index in [0.29, 0.717) is 22.6 Å². The number of nitrogens with zero attached hydrogens (tertiary/aromatic N) is 1. The van der Waals surface area contributed by atoms with Gasteiger partial charge in [-0.2, -0.15) is 8.78 Å². The first-order valence-corrected chi connectivity index (χ1v) is 7.49. The number of nitrogens with one attached hydrogen (secondary N) is 1. The number of thioether (sulfide) groups is 1. The lowest BCUT2D eigenvalue weighted by atomic mass is 9.97. The molecule has 5 heteroatoms. The smallest absolute Gasteiger partial charge is 0.288 e. The summed E-state index contributed by atoms with van der Waals surface area (Å²) in [5.74, 6) is -1.63. The van der Waals surface area contributed by atoms with Gasteiger partial charge < -0.3 is 10.2 Å². The average molecular weight is 286 g/mol. The Balaban J connectivity index is 1.76. The van der Waals surface area contributed by atoms with E-state index in [1.807, 2.05) is 12.1 Å². The number of piperidine rings is 1. The number of halogens is 2. The molecule has 0 atom stereocenters. The van der Waals surface area contributed by atoms with Crippen LogP contribution in [-0.2, 0) is 0 Å². The molecular formula is C14H20F2N2S. The van der Waals surface area contributed by atoms with E-state index in [1.165, 1.54) is 12.8 Å². The molecule has 19 heavy (non-hydrogen) atoms. The third kappa shape index (κ3) is 4.99. The van der Waals surface area contributed by atoms with Crippen LogP contribution in [0.15, 0.2) is 29.2 Å². The summed E-state index contributed by atoms with van der Waals surface area (Å²) in [6.07, 6.45) is 2.45. The van der Waals surface area contributed by atoms with Gasteiger partial charge in [0.05, 0.1) is 0 Å². The highest BCUT2D eigenvalue weighted by atomic mass is 32.2. The maximum atomic E-state index is 12.2. The fourth-order valence-electron chi connectivity index (χ4n) is 2.28. The molecule has 0 radical (unpaired) electrons. The predicted molar refractivity (Wildman–Crippen MR) is 77.0 cm³/mol. The Morgan fingerprint density at radius 2 is 1.89 bits per heavy atom. The number of alkyl halides is 2. The van der Waals surface area contributed by atoms with Crippen LogP contribution in [0.3, 0.4) is 0 Å². The number of rotatable bonds is 5. The van der Waals surface area contributed by atoms with Crippen LogP contribution in [0.2, 0.25) is 0 Å². The zero-order valence-electron chi connectivity index (χ0n) is 11.1. The molecule has 0 aliphatic carbocycles. The first-order valence-electron chi connectivity index (χ1n) is 6.61. The highest BCUT2D eigenvalue weighted by molar-refractivity contribution is 7.99. The highest BCUT2D eigenvalue weighted by Crippen LogP contribution is 2.26. The third-order valence-electron chi connectivity index (χ3n) is 3.51. The van der Waals surface area contributed by atoms with Gasteiger partial charge in [0, 0.05) is 17.1 Å². The summed E-state index contributed by atoms with van der Waals surface area (Å²) in [6.45, 7) is 3.29. The second-order valence-corrected chi connectivity index (χ2v) is 6.09. The molecule has 2 rings (SSSR count). The fourth-order valence-corrected chi connectivity index (χ4v) is 2.78. The van der Waals surface area contributed by atoms with Crippen molar-refractivity contribution in [3.05, 3.63) is 24.3 Å². The van der Waals surface area contributed by atoms with Crippen LogP contribution in [-0.4, -0.2) is 37.3 Å². The number of hydrogen-bond acceptors (Lipinski definition) is 3. The van der Waals surface area contributed by atoms with Gasteiger partial charge in [-0.3, -0.25) is 0 Å². The number of hydrogen-bond donors (Lipinski definition) is 1. The molecule has 1 aliphatic heterocycles. The Bertz CT molecular complexity index is 376. The lowest BCUT2D eigenvalue weighted by Crippen LogP contribution is -2.32. The Hall–Kier alpha value is -0.810. The Kier molecular flexibility index (Phi) is 5.45. The molecule has 2 nitrogen and oxygen atoms in total. The van der Waals surface area contributed by atoms with Crippen molar-refractivity contribution < 1.29 is 8.78 Å². The second-order valence-electron chi connectivity index (χ2n) is 5.03. The molecule has 1 aromatic rings. The van der Waals surface area contributed by atoms with E-state index < -0.39 is 5.76 Å². The van der Waals surface area contributed by atoms with E-state index in [2.05, 4.69) is 17.3 Å². The number of benzene rings is 1. The minimum atomic E-state index is -2.35. The van der Waals surface area contributed by atoms with Crippen molar-refractivity contribution in [3.63, 3.8) is 0 Å². The van der Waals surface area contributed by atoms with Crippen LogP contribution in [0.25, 0.3) is 0 Å². The van der Waals surface area contributed by atoms with Gasteiger partial charge in [-0.05, 0) is 63.2 Å². The van der Waals surface area contributed by atoms with Crippen molar-refractivity contribution in [2.45, 2.75) is 23.5 Å². The molecule has 0 bridgehead atoms. The van der Waals surface area contributed by atoms with Gasteiger partial charge in [0.2, 0.25) is 0 Å². The topological polar surface area (TPSA) is 15.3 Å². The summed E-state index contributed by atoms with van der Waals surface area (Å²) in [4.78, 5) is 2.96. The summed E-state index contributed by atoms with van der Waals surface area (Å²) >= 11 is 0.587. The van der Waals surface area contributed by atoms with Crippen LogP contribution < -0.4 is 5.32 Å². The van der Waals surface area contributed by atoms with E-state index in [1.54, 1.807) is 12.1 Å². The van der Waals surface area contributed by atoms with Gasteiger partial charge in [-0.1, -0.05) is 11.8 Å². The van der Waals surface area contributed by atoms with E-state index in [4.69, 9.17) is 0 Å². The Morgan fingerprint density at radius 3 is 2.47 bits per heavy atom. The normalized spacial score (nSPS) is 17.9. The minimum absolute atomic E-state index is 0.587. The molecule has 0 unspecified atom stereocenters. The van der Waals surface area contributed by atoms with Crippen molar-refractivity contribution in [1.29, 1.82) is 0 Å². The molecule has 1 aliphatic rings. The maximum absolute atomic E-state index is 12.2. The monoisotopic (exact) mass is 286 g/mol. The van der Waals surface area contributed by atoms with Crippen LogP contribution in [0.4, 0.5) is 14.5 Å². The van der Waals surface area contributed by atoms with Gasteiger partial charge in [0.1, 0.15) is 0 Å². The first-order chi connectivity index (χ1) is 9.13. The predicted octanol–water partition coefficient (Wildman–Crippen LogP) is 3.76. The lowest BCUT2D eigenvalue weighted by Gasteiger charge is -2.29. The molecule has 1 heterocycles. The van der Waals surface area contributed by atoms with E-state index in [9.17, 15) is 8.78 Å². The molecule has 0 aromatic heterocycles.